The van der Waals surface area contributed by atoms with E-state index < -0.39 is 12.0 Å². The summed E-state index contributed by atoms with van der Waals surface area (Å²) in [6.07, 6.45) is 4.71. The van der Waals surface area contributed by atoms with Crippen LogP contribution in [0.25, 0.3) is 0 Å². The number of carbonyl (C=O) groups excluding carboxylic acids is 2. The Kier molecular flexibility index (Phi) is 5.17. The van der Waals surface area contributed by atoms with Crippen LogP contribution in [0.1, 0.15) is 45.4 Å². The molecule has 0 aromatic heterocycles. The molecule has 1 atom stereocenters. The standard InChI is InChI=1S/C15H23NO4/c1-2-20-15(19)14(16-9-4-3-5-10-16)13-11(17)7-6-8-12(13)18/h14,17H,2-10H2,1H3. The second-order valence-electron chi connectivity index (χ2n) is 5.39. The molecule has 1 aliphatic heterocycles. The summed E-state index contributed by atoms with van der Waals surface area (Å²) in [5, 5.41) is 10.1. The molecule has 2 rings (SSSR count). The quantitative estimate of drug-likeness (QED) is 0.798. The van der Waals surface area contributed by atoms with Gasteiger partial charge in [-0.3, -0.25) is 9.69 Å². The van der Waals surface area contributed by atoms with Crippen molar-refractivity contribution in [3.8, 4) is 0 Å². The lowest BCUT2D eigenvalue weighted by atomic mass is 9.89. The molecule has 0 spiro atoms. The van der Waals surface area contributed by atoms with Gasteiger partial charge in [-0.2, -0.15) is 0 Å². The van der Waals surface area contributed by atoms with Crippen molar-refractivity contribution in [2.24, 2.45) is 0 Å². The third-order valence-electron chi connectivity index (χ3n) is 3.97. The highest BCUT2D eigenvalue weighted by atomic mass is 16.5. The molecule has 2 aliphatic rings. The van der Waals surface area contributed by atoms with E-state index in [0.29, 0.717) is 19.3 Å². The summed E-state index contributed by atoms with van der Waals surface area (Å²) in [4.78, 5) is 26.4. The number of rotatable bonds is 4. The highest BCUT2D eigenvalue weighted by Crippen LogP contribution is 2.28. The first-order valence-corrected chi connectivity index (χ1v) is 7.51. The first kappa shape index (κ1) is 15.0. The Balaban J connectivity index is 2.29. The molecule has 0 aromatic rings. The minimum Gasteiger partial charge on any atom is -0.512 e. The summed E-state index contributed by atoms with van der Waals surface area (Å²) in [6.45, 7) is 3.58. The molecule has 20 heavy (non-hydrogen) atoms. The largest absolute Gasteiger partial charge is 0.512 e. The van der Waals surface area contributed by atoms with Crippen LogP contribution in [0.4, 0.5) is 0 Å². The molecule has 1 saturated heterocycles. The van der Waals surface area contributed by atoms with Gasteiger partial charge in [-0.1, -0.05) is 6.42 Å². The van der Waals surface area contributed by atoms with Gasteiger partial charge in [0.05, 0.1) is 12.2 Å². The lowest BCUT2D eigenvalue weighted by Crippen LogP contribution is -2.48. The van der Waals surface area contributed by atoms with Gasteiger partial charge in [-0.15, -0.1) is 0 Å². The van der Waals surface area contributed by atoms with Crippen LogP contribution in [-0.4, -0.2) is 47.5 Å². The van der Waals surface area contributed by atoms with Gasteiger partial charge in [-0.05, 0) is 39.3 Å². The SMILES string of the molecule is CCOC(=O)C(C1=C(O)CCCC1=O)N1CCCCC1. The maximum absolute atomic E-state index is 12.3. The molecule has 0 amide bonds. The van der Waals surface area contributed by atoms with Crippen molar-refractivity contribution < 1.29 is 19.4 Å². The first-order chi connectivity index (χ1) is 9.65. The first-order valence-electron chi connectivity index (χ1n) is 7.51. The number of aliphatic hydroxyl groups is 1. The molecular formula is C15H23NO4. The van der Waals surface area contributed by atoms with E-state index in [2.05, 4.69) is 0 Å². The molecule has 5 nitrogen and oxygen atoms in total. The third kappa shape index (κ3) is 3.20. The van der Waals surface area contributed by atoms with Crippen LogP contribution in [0.2, 0.25) is 0 Å². The van der Waals surface area contributed by atoms with Gasteiger partial charge in [0.2, 0.25) is 0 Å². The summed E-state index contributed by atoms with van der Waals surface area (Å²) in [6, 6.07) is -0.719. The Labute approximate surface area is 119 Å². The average molecular weight is 281 g/mol. The minimum absolute atomic E-state index is 0.0740. The minimum atomic E-state index is -0.719. The van der Waals surface area contributed by atoms with Crippen LogP contribution in [0, 0.1) is 0 Å². The zero-order valence-electron chi connectivity index (χ0n) is 12.1. The lowest BCUT2D eigenvalue weighted by Gasteiger charge is -2.35. The van der Waals surface area contributed by atoms with E-state index in [-0.39, 0.29) is 23.7 Å². The Bertz CT molecular complexity index is 410. The van der Waals surface area contributed by atoms with Crippen molar-refractivity contribution in [1.82, 2.24) is 4.90 Å². The predicted octanol–water partition coefficient (Wildman–Crippen LogP) is 1.97. The summed E-state index contributed by atoms with van der Waals surface area (Å²) in [5.41, 5.74) is 0.275. The van der Waals surface area contributed by atoms with Crippen molar-refractivity contribution in [1.29, 1.82) is 0 Å². The number of piperidine rings is 1. The van der Waals surface area contributed by atoms with Gasteiger partial charge >= 0.3 is 5.97 Å². The van der Waals surface area contributed by atoms with Crippen LogP contribution in [0.5, 0.6) is 0 Å². The lowest BCUT2D eigenvalue weighted by molar-refractivity contribution is -0.149. The molecule has 1 heterocycles. The maximum atomic E-state index is 12.3. The number of carbonyl (C=O) groups is 2. The number of esters is 1. The topological polar surface area (TPSA) is 66.8 Å². The zero-order chi connectivity index (χ0) is 14.5. The van der Waals surface area contributed by atoms with Crippen LogP contribution in [-0.2, 0) is 14.3 Å². The highest BCUT2D eigenvalue weighted by molar-refractivity contribution is 6.03. The van der Waals surface area contributed by atoms with Gasteiger partial charge in [-0.25, -0.2) is 4.79 Å². The highest BCUT2D eigenvalue weighted by Gasteiger charge is 2.38. The normalized spacial score (nSPS) is 22.8. The van der Waals surface area contributed by atoms with Crippen molar-refractivity contribution in [2.45, 2.75) is 51.5 Å². The van der Waals surface area contributed by atoms with Gasteiger partial charge in [0.15, 0.2) is 5.78 Å². The summed E-state index contributed by atoms with van der Waals surface area (Å²) < 4.78 is 5.13. The Morgan fingerprint density at radius 3 is 2.55 bits per heavy atom. The predicted molar refractivity (Wildman–Crippen MR) is 74.4 cm³/mol. The fourth-order valence-electron chi connectivity index (χ4n) is 3.00. The second kappa shape index (κ2) is 6.88. The van der Waals surface area contributed by atoms with E-state index in [4.69, 9.17) is 4.74 Å². The Hall–Kier alpha value is -1.36. The fraction of sp³-hybridized carbons (Fsp3) is 0.733. The van der Waals surface area contributed by atoms with Crippen molar-refractivity contribution in [3.05, 3.63) is 11.3 Å². The molecule has 0 saturated carbocycles. The van der Waals surface area contributed by atoms with Gasteiger partial charge in [0.25, 0.3) is 0 Å². The number of ether oxygens (including phenoxy) is 1. The maximum Gasteiger partial charge on any atom is 0.328 e. The number of hydrogen-bond donors (Lipinski definition) is 1. The van der Waals surface area contributed by atoms with Crippen LogP contribution in [0.3, 0.4) is 0 Å². The average Bonchev–Trinajstić information content (AvgIpc) is 2.44. The van der Waals surface area contributed by atoms with E-state index in [1.54, 1.807) is 6.92 Å². The molecule has 0 aromatic carbocycles. The number of nitrogens with zero attached hydrogens (tertiary/aromatic N) is 1. The summed E-state index contributed by atoms with van der Waals surface area (Å²) >= 11 is 0. The number of likely N-dealkylation sites (tertiary alicyclic amines) is 1. The summed E-state index contributed by atoms with van der Waals surface area (Å²) in [5.74, 6) is -0.451. The van der Waals surface area contributed by atoms with Crippen molar-refractivity contribution >= 4 is 11.8 Å². The molecule has 0 radical (unpaired) electrons. The smallest absolute Gasteiger partial charge is 0.328 e. The summed E-state index contributed by atoms with van der Waals surface area (Å²) in [7, 11) is 0. The van der Waals surface area contributed by atoms with Gasteiger partial charge in [0.1, 0.15) is 11.8 Å². The number of ketones is 1. The van der Waals surface area contributed by atoms with Crippen LogP contribution in [0.15, 0.2) is 11.3 Å². The molecule has 1 fully saturated rings. The molecule has 112 valence electrons. The van der Waals surface area contributed by atoms with E-state index in [1.807, 2.05) is 4.90 Å². The molecule has 5 heteroatoms. The monoisotopic (exact) mass is 281 g/mol. The van der Waals surface area contributed by atoms with E-state index in [0.717, 1.165) is 32.4 Å². The molecule has 1 N–H and O–H groups in total. The molecule has 1 aliphatic carbocycles. The van der Waals surface area contributed by atoms with Crippen LogP contribution >= 0.6 is 0 Å². The van der Waals surface area contributed by atoms with E-state index in [1.165, 1.54) is 0 Å². The number of Topliss-reactive ketones (excluding diaryl/α,β-unsaturated/α-hetero) is 1. The second-order valence-corrected chi connectivity index (χ2v) is 5.39. The molecule has 1 unspecified atom stereocenters. The number of allylic oxidation sites excluding steroid dienone is 1. The Morgan fingerprint density at radius 2 is 1.95 bits per heavy atom. The molecule has 0 bridgehead atoms. The Morgan fingerprint density at radius 1 is 1.25 bits per heavy atom. The molecular weight excluding hydrogens is 258 g/mol. The van der Waals surface area contributed by atoms with E-state index >= 15 is 0 Å². The zero-order valence-corrected chi connectivity index (χ0v) is 12.1. The van der Waals surface area contributed by atoms with Crippen molar-refractivity contribution in [2.75, 3.05) is 19.7 Å². The van der Waals surface area contributed by atoms with Crippen molar-refractivity contribution in [3.63, 3.8) is 0 Å². The number of hydrogen-bond acceptors (Lipinski definition) is 5. The van der Waals surface area contributed by atoms with Gasteiger partial charge < -0.3 is 9.84 Å². The van der Waals surface area contributed by atoms with Gasteiger partial charge in [0, 0.05) is 12.8 Å². The van der Waals surface area contributed by atoms with Crippen LogP contribution < -0.4 is 0 Å². The fourth-order valence-corrected chi connectivity index (χ4v) is 3.00. The third-order valence-corrected chi connectivity index (χ3v) is 3.97. The van der Waals surface area contributed by atoms with E-state index in [9.17, 15) is 14.7 Å². The number of aliphatic hydroxyl groups excluding tert-OH is 1.